The largest absolute Gasteiger partial charge is 0.394 e. The van der Waals surface area contributed by atoms with E-state index in [2.05, 4.69) is 27.7 Å². The summed E-state index contributed by atoms with van der Waals surface area (Å²) in [6, 6.07) is 0. The fourth-order valence-corrected chi connectivity index (χ4v) is 17.6. The molecule has 0 amide bonds. The summed E-state index contributed by atoms with van der Waals surface area (Å²) in [5.74, 6) is 2.81. The van der Waals surface area contributed by atoms with E-state index in [0.29, 0.717) is 54.3 Å². The molecule has 27 heteroatoms. The van der Waals surface area contributed by atoms with Crippen LogP contribution in [0.5, 0.6) is 0 Å². The van der Waals surface area contributed by atoms with Crippen LogP contribution in [-0.4, -0.2) is 281 Å². The van der Waals surface area contributed by atoms with Crippen molar-refractivity contribution in [1.82, 2.24) is 0 Å². The number of hydrogen-bond donors (Lipinski definition) is 15. The van der Waals surface area contributed by atoms with Gasteiger partial charge in [-0.05, 0) is 111 Å². The van der Waals surface area contributed by atoms with Gasteiger partial charge in [-0.3, -0.25) is 0 Å². The number of hydrogen-bond acceptors (Lipinski definition) is 27. The summed E-state index contributed by atoms with van der Waals surface area (Å²) < 4.78 is 73.8. The molecule has 27 nitrogen and oxygen atoms in total. The zero-order chi connectivity index (χ0) is 60.2. The minimum atomic E-state index is -2.15. The predicted molar refractivity (Wildman–Crippen MR) is 279 cm³/mol. The Morgan fingerprint density at radius 1 is 0.429 bits per heavy atom. The van der Waals surface area contributed by atoms with Gasteiger partial charge >= 0.3 is 0 Å². The van der Waals surface area contributed by atoms with Crippen LogP contribution in [0, 0.1) is 52.3 Å². The van der Waals surface area contributed by atoms with E-state index >= 15 is 0 Å². The number of ether oxygens (including phenoxy) is 12. The lowest BCUT2D eigenvalue weighted by molar-refractivity contribution is -0.411. The number of aliphatic hydroxyl groups is 15. The fourth-order valence-electron chi connectivity index (χ4n) is 17.6. The first kappa shape index (κ1) is 64.4. The van der Waals surface area contributed by atoms with Crippen LogP contribution in [0.25, 0.3) is 0 Å². The van der Waals surface area contributed by atoms with Crippen LogP contribution < -0.4 is 0 Å². The molecule has 4 aliphatic carbocycles. The predicted octanol–water partition coefficient (Wildman–Crippen LogP) is -4.06. The van der Waals surface area contributed by atoms with Gasteiger partial charge in [-0.15, -0.1) is 0 Å². The second-order valence-corrected chi connectivity index (χ2v) is 27.1. The molecule has 37 atom stereocenters. The van der Waals surface area contributed by atoms with Crippen molar-refractivity contribution in [2.75, 3.05) is 33.0 Å². The highest BCUT2D eigenvalue weighted by Crippen LogP contribution is 2.71. The van der Waals surface area contributed by atoms with Crippen LogP contribution in [0.15, 0.2) is 0 Å². The van der Waals surface area contributed by atoms with Gasteiger partial charge in [-0.2, -0.15) is 0 Å². The first-order chi connectivity index (χ1) is 39.9. The second-order valence-electron chi connectivity index (χ2n) is 27.1. The first-order valence-electron chi connectivity index (χ1n) is 30.7. The van der Waals surface area contributed by atoms with E-state index < -0.39 is 186 Å². The zero-order valence-electron chi connectivity index (χ0n) is 48.3. The molecule has 0 bridgehead atoms. The van der Waals surface area contributed by atoms with Crippen molar-refractivity contribution in [1.29, 1.82) is 0 Å². The molecule has 4 unspecified atom stereocenters. The summed E-state index contributed by atoms with van der Waals surface area (Å²) in [6.45, 7) is 8.02. The number of fused-ring (bicyclic) bond motifs is 7. The van der Waals surface area contributed by atoms with Gasteiger partial charge in [-0.25, -0.2) is 0 Å². The monoisotopic (exact) mass is 1210 g/mol. The molecule has 11 rings (SSSR count). The van der Waals surface area contributed by atoms with E-state index in [4.69, 9.17) is 56.8 Å². The average molecular weight is 1210 g/mol. The smallest absolute Gasteiger partial charge is 0.187 e. The summed E-state index contributed by atoms with van der Waals surface area (Å²) in [5, 5.41) is 165. The Bertz CT molecular complexity index is 2180. The topological polar surface area (TPSA) is 414 Å². The molecule has 4 saturated carbocycles. The molecule has 0 aromatic heterocycles. The third-order valence-electron chi connectivity index (χ3n) is 22.5. The second kappa shape index (κ2) is 25.2. The summed E-state index contributed by atoms with van der Waals surface area (Å²) in [5.41, 5.74) is 0.214. The van der Waals surface area contributed by atoms with Gasteiger partial charge in [0.1, 0.15) is 116 Å². The van der Waals surface area contributed by atoms with Crippen molar-refractivity contribution >= 4 is 0 Å². The molecule has 7 saturated heterocycles. The first-order valence-corrected chi connectivity index (χ1v) is 30.7. The molecule has 15 N–H and O–H groups in total. The molecule has 0 radical (unpaired) electrons. The zero-order valence-corrected chi connectivity index (χ0v) is 48.3. The maximum absolute atomic E-state index is 12.0. The minimum absolute atomic E-state index is 0.0454. The van der Waals surface area contributed by atoms with Crippen molar-refractivity contribution in [3.05, 3.63) is 0 Å². The van der Waals surface area contributed by atoms with Gasteiger partial charge in [0.05, 0.1) is 51.3 Å². The summed E-state index contributed by atoms with van der Waals surface area (Å²) >= 11 is 0. The normalized spacial score (nSPS) is 57.7. The third-order valence-corrected chi connectivity index (χ3v) is 22.5. The minimum Gasteiger partial charge on any atom is -0.394 e. The van der Waals surface area contributed by atoms with Crippen molar-refractivity contribution in [2.45, 2.75) is 270 Å². The number of aliphatic hydroxyl groups excluding tert-OH is 15. The number of rotatable bonds is 14. The van der Waals surface area contributed by atoms with Gasteiger partial charge in [0.15, 0.2) is 37.2 Å². The van der Waals surface area contributed by atoms with Crippen LogP contribution in [0.3, 0.4) is 0 Å². The lowest BCUT2D eigenvalue weighted by atomic mass is 9.44. The Hall–Kier alpha value is -1.08. The lowest BCUT2D eigenvalue weighted by Crippen LogP contribution is -2.69. The highest BCUT2D eigenvalue weighted by atomic mass is 16.8. The van der Waals surface area contributed by atoms with E-state index in [1.165, 1.54) is 6.92 Å². The van der Waals surface area contributed by atoms with E-state index in [1.807, 2.05) is 0 Å². The van der Waals surface area contributed by atoms with Crippen molar-refractivity contribution in [3.8, 4) is 0 Å². The van der Waals surface area contributed by atoms with E-state index in [1.54, 1.807) is 0 Å². The van der Waals surface area contributed by atoms with Crippen LogP contribution in [0.2, 0.25) is 0 Å². The SMILES string of the molecule is CC1C2C(C[C@H]3[C@@H]4CC[C@H]5C[C@@H](O[C@@H]6O[C@H](CO)[C@H](O[C@@H]7O[C@H](CO)[C@@H](O)[C@H](O[C@@H]8O[C@H](CO)[C@@H](O)[C@H](O)[C@H]8O)[C@H]7O[C@@H]7O[C@H](CO)[C@@H](O)[C@H](O[C@@H]8O[C@@H](C)[C@H](O)[C@@H](O)[C@H]8O)[C@H]7O)[C@H](O)[C@H]6O)CC[C@]5(C)[C@H]4CC[C@]23C)OC12CC[C@@H](C)CO2. The fraction of sp³-hybridized carbons (Fsp3) is 1.00. The summed E-state index contributed by atoms with van der Waals surface area (Å²) in [6.07, 6.45) is -36.0. The Labute approximate surface area is 487 Å². The molecule has 11 fully saturated rings. The lowest BCUT2D eigenvalue weighted by Gasteiger charge is -2.61. The molecular weight excluding hydrogens is 1120 g/mol. The van der Waals surface area contributed by atoms with Crippen molar-refractivity contribution < 1.29 is 133 Å². The molecule has 84 heavy (non-hydrogen) atoms. The van der Waals surface area contributed by atoms with E-state index in [9.17, 15) is 76.6 Å². The molecule has 11 aliphatic rings. The van der Waals surface area contributed by atoms with E-state index in [0.717, 1.165) is 58.0 Å². The van der Waals surface area contributed by atoms with Gasteiger partial charge in [-0.1, -0.05) is 27.7 Å². The highest BCUT2D eigenvalue weighted by molar-refractivity contribution is 5.16. The molecule has 0 aromatic rings. The van der Waals surface area contributed by atoms with E-state index in [-0.39, 0.29) is 23.0 Å². The van der Waals surface area contributed by atoms with Gasteiger partial charge in [0, 0.05) is 12.3 Å². The highest BCUT2D eigenvalue weighted by Gasteiger charge is 2.70. The quantitative estimate of drug-likeness (QED) is 0.0736. The average Bonchev–Trinajstić information content (AvgIpc) is 1.71. The van der Waals surface area contributed by atoms with Crippen LogP contribution >= 0.6 is 0 Å². The van der Waals surface area contributed by atoms with Gasteiger partial charge in [0.25, 0.3) is 0 Å². The Morgan fingerprint density at radius 2 is 0.964 bits per heavy atom. The molecule has 0 aromatic carbocycles. The van der Waals surface area contributed by atoms with Crippen molar-refractivity contribution in [3.63, 3.8) is 0 Å². The third kappa shape index (κ3) is 11.2. The Balaban J connectivity index is 0.792. The van der Waals surface area contributed by atoms with Gasteiger partial charge < -0.3 is 133 Å². The van der Waals surface area contributed by atoms with Crippen LogP contribution in [-0.2, 0) is 56.8 Å². The summed E-state index contributed by atoms with van der Waals surface area (Å²) in [4.78, 5) is 0. The Kier molecular flexibility index (Phi) is 19.3. The van der Waals surface area contributed by atoms with Gasteiger partial charge in [0.2, 0.25) is 0 Å². The molecule has 7 heterocycles. The van der Waals surface area contributed by atoms with Crippen LogP contribution in [0.4, 0.5) is 0 Å². The maximum Gasteiger partial charge on any atom is 0.187 e. The molecular formula is C57H94O27. The van der Waals surface area contributed by atoms with Crippen LogP contribution in [0.1, 0.15) is 98.8 Å². The van der Waals surface area contributed by atoms with Crippen molar-refractivity contribution in [2.24, 2.45) is 52.3 Å². The molecule has 1 spiro atoms. The Morgan fingerprint density at radius 3 is 1.62 bits per heavy atom. The maximum atomic E-state index is 12.0. The summed E-state index contributed by atoms with van der Waals surface area (Å²) in [7, 11) is 0. The molecule has 7 aliphatic heterocycles. The standard InChI is InChI=1S/C57H94O27/c1-21-8-13-57(73-20-21)22(2)34-29(84-57)15-28-26-7-6-24-14-25(9-11-55(24,4)27(26)10-12-56(28,34)5)75-51-44(71)41(68)46(33(19-61)79-51)80-54-49(48(38(65)32(18-60)78-54)82-52-43(70)40(67)36(63)30(16-58)76-52)83-53-45(72)47(37(64)31(17-59)77-53)81-50-42(69)39(66)35(62)23(3)74-50/h21-54,58-72H,6-20H2,1-5H3/t21-,22?,23+,24+,25+,26-,27+,28+,29?,30-,31-,32-,33-,34?,35+,36-,37-,38-,39-,40+,41-,42-,43-,44-,45-,46+,47+,48+,49-,50+,51-,52+,53+,54+,55+,56+,57?/m1/s1. The molecule has 484 valence electrons.